The van der Waals surface area contributed by atoms with E-state index in [2.05, 4.69) is 0 Å². The predicted octanol–water partition coefficient (Wildman–Crippen LogP) is 0.809. The average molecular weight is 226 g/mol. The summed E-state index contributed by atoms with van der Waals surface area (Å²) in [6.45, 7) is 0.682. The molecule has 1 aromatic carbocycles. The molecule has 0 radical (unpaired) electrons. The van der Waals surface area contributed by atoms with E-state index in [-0.39, 0.29) is 0 Å². The van der Waals surface area contributed by atoms with Crippen LogP contribution in [0.5, 0.6) is 5.75 Å². The zero-order chi connectivity index (χ0) is 10.8. The van der Waals surface area contributed by atoms with Gasteiger partial charge in [0.25, 0.3) is 0 Å². The fraction of sp³-hybridized carbons (Fsp3) is 0.400. The molecule has 2 N–H and O–H groups in total. The highest BCUT2D eigenvalue weighted by atomic mass is 35.5. The molecule has 15 heavy (non-hydrogen) atoms. The van der Waals surface area contributed by atoms with Gasteiger partial charge in [-0.25, -0.2) is 0 Å². The lowest BCUT2D eigenvalue weighted by Gasteiger charge is -2.08. The van der Waals surface area contributed by atoms with Gasteiger partial charge in [0.05, 0.1) is 6.61 Å². The smallest absolute Gasteiger partial charge is 0.488 e. The van der Waals surface area contributed by atoms with Gasteiger partial charge in [-0.2, -0.15) is 0 Å². The largest absolute Gasteiger partial charge is 0.493 e. The number of benzene rings is 1. The van der Waals surface area contributed by atoms with Crippen molar-refractivity contribution in [1.82, 2.24) is 0 Å². The van der Waals surface area contributed by atoms with E-state index in [4.69, 9.17) is 26.4 Å². The Balaban J connectivity index is 2.07. The van der Waals surface area contributed by atoms with Crippen molar-refractivity contribution in [3.05, 3.63) is 23.2 Å². The van der Waals surface area contributed by atoms with E-state index < -0.39 is 7.12 Å². The number of ether oxygens (including phenoxy) is 1. The first kappa shape index (κ1) is 10.8. The van der Waals surface area contributed by atoms with Crippen LogP contribution in [0.4, 0.5) is 0 Å². The summed E-state index contributed by atoms with van der Waals surface area (Å²) < 4.78 is 5.49. The number of hydrogen-bond donors (Lipinski definition) is 2. The number of hydrogen-bond acceptors (Lipinski definition) is 3. The van der Waals surface area contributed by atoms with Crippen LogP contribution < -0.4 is 10.2 Å². The molecule has 0 saturated heterocycles. The first-order chi connectivity index (χ1) is 7.15. The van der Waals surface area contributed by atoms with Crippen molar-refractivity contribution < 1.29 is 14.8 Å². The van der Waals surface area contributed by atoms with Crippen molar-refractivity contribution in [2.24, 2.45) is 5.92 Å². The third-order valence-corrected chi connectivity index (χ3v) is 2.59. The zero-order valence-corrected chi connectivity index (χ0v) is 8.94. The third kappa shape index (κ3) is 3.13. The van der Waals surface area contributed by atoms with E-state index in [1.54, 1.807) is 12.1 Å². The molecule has 0 heterocycles. The maximum absolute atomic E-state index is 9.00. The van der Waals surface area contributed by atoms with Crippen LogP contribution in [0.1, 0.15) is 12.8 Å². The van der Waals surface area contributed by atoms with Gasteiger partial charge in [0, 0.05) is 5.02 Å². The molecule has 1 saturated carbocycles. The Kier molecular flexibility index (Phi) is 3.19. The van der Waals surface area contributed by atoms with Gasteiger partial charge in [0.1, 0.15) is 5.75 Å². The van der Waals surface area contributed by atoms with Gasteiger partial charge in [0.2, 0.25) is 0 Å². The molecule has 3 nitrogen and oxygen atoms in total. The summed E-state index contributed by atoms with van der Waals surface area (Å²) >= 11 is 5.82. The average Bonchev–Trinajstić information content (AvgIpc) is 2.97. The van der Waals surface area contributed by atoms with Gasteiger partial charge in [-0.3, -0.25) is 0 Å². The lowest BCUT2D eigenvalue weighted by molar-refractivity contribution is 0.300. The van der Waals surface area contributed by atoms with E-state index in [9.17, 15) is 0 Å². The van der Waals surface area contributed by atoms with Crippen LogP contribution in [0.3, 0.4) is 0 Å². The van der Waals surface area contributed by atoms with Gasteiger partial charge >= 0.3 is 7.12 Å². The minimum atomic E-state index is -1.51. The molecule has 1 aliphatic rings. The summed E-state index contributed by atoms with van der Waals surface area (Å²) in [7, 11) is -1.51. The Morgan fingerprint density at radius 2 is 2.07 bits per heavy atom. The molecule has 0 aliphatic heterocycles. The Bertz CT molecular complexity index is 353. The molecule has 0 unspecified atom stereocenters. The zero-order valence-electron chi connectivity index (χ0n) is 8.19. The van der Waals surface area contributed by atoms with E-state index >= 15 is 0 Å². The summed E-state index contributed by atoms with van der Waals surface area (Å²) in [5.74, 6) is 1.25. The van der Waals surface area contributed by atoms with Gasteiger partial charge in [-0.15, -0.1) is 0 Å². The summed E-state index contributed by atoms with van der Waals surface area (Å²) in [6, 6.07) is 4.78. The molecule has 2 rings (SSSR count). The number of rotatable bonds is 4. The fourth-order valence-electron chi connectivity index (χ4n) is 1.32. The summed E-state index contributed by atoms with van der Waals surface area (Å²) in [4.78, 5) is 0. The Morgan fingerprint density at radius 1 is 1.33 bits per heavy atom. The van der Waals surface area contributed by atoms with Gasteiger partial charge < -0.3 is 14.8 Å². The summed E-state index contributed by atoms with van der Waals surface area (Å²) in [5, 5.41) is 18.5. The summed E-state index contributed by atoms with van der Waals surface area (Å²) in [6.07, 6.45) is 2.44. The van der Waals surface area contributed by atoms with Crippen molar-refractivity contribution >= 4 is 24.2 Å². The van der Waals surface area contributed by atoms with Crippen LogP contribution in [0.15, 0.2) is 18.2 Å². The van der Waals surface area contributed by atoms with Crippen molar-refractivity contribution in [2.75, 3.05) is 6.61 Å². The molecule has 80 valence electrons. The highest BCUT2D eigenvalue weighted by Gasteiger charge is 2.22. The number of halogens is 1. The minimum Gasteiger partial charge on any atom is -0.493 e. The highest BCUT2D eigenvalue weighted by molar-refractivity contribution is 6.59. The Labute approximate surface area is 93.8 Å². The van der Waals surface area contributed by atoms with E-state index in [0.29, 0.717) is 28.8 Å². The van der Waals surface area contributed by atoms with E-state index in [0.717, 1.165) is 0 Å². The summed E-state index contributed by atoms with van der Waals surface area (Å²) in [5.41, 5.74) is 0.355. The molecule has 5 heteroatoms. The van der Waals surface area contributed by atoms with Gasteiger partial charge in [-0.05, 0) is 42.4 Å². The minimum absolute atomic E-state index is 0.355. The molecule has 0 bridgehead atoms. The first-order valence-corrected chi connectivity index (χ1v) is 5.32. The van der Waals surface area contributed by atoms with Crippen molar-refractivity contribution in [3.63, 3.8) is 0 Å². The molecule has 1 fully saturated rings. The molecule has 0 amide bonds. The van der Waals surface area contributed by atoms with Gasteiger partial charge in [0.15, 0.2) is 0 Å². The topological polar surface area (TPSA) is 49.7 Å². The predicted molar refractivity (Wildman–Crippen MR) is 59.5 cm³/mol. The molecular formula is C10H12BClO3. The SMILES string of the molecule is OB(O)c1cc(Cl)cc(OCC2CC2)c1. The molecule has 1 aliphatic carbocycles. The second-order valence-corrected chi connectivity index (χ2v) is 4.28. The van der Waals surface area contributed by atoms with E-state index in [1.807, 2.05) is 0 Å². The Morgan fingerprint density at radius 3 is 2.67 bits per heavy atom. The standard InChI is InChI=1S/C10H12BClO3/c12-9-3-8(11(13)14)4-10(5-9)15-6-7-1-2-7/h3-5,7,13-14H,1-2,6H2. The Hall–Kier alpha value is -0.705. The fourth-order valence-corrected chi connectivity index (χ4v) is 1.55. The van der Waals surface area contributed by atoms with Crippen LogP contribution in [-0.2, 0) is 0 Å². The molecule has 0 atom stereocenters. The third-order valence-electron chi connectivity index (χ3n) is 2.37. The maximum Gasteiger partial charge on any atom is 0.488 e. The quantitative estimate of drug-likeness (QED) is 0.747. The highest BCUT2D eigenvalue weighted by Crippen LogP contribution is 2.29. The van der Waals surface area contributed by atoms with Crippen LogP contribution >= 0.6 is 11.6 Å². The normalized spacial score (nSPS) is 15.1. The molecule has 0 spiro atoms. The van der Waals surface area contributed by atoms with Crippen LogP contribution in [0.2, 0.25) is 5.02 Å². The monoisotopic (exact) mass is 226 g/mol. The second kappa shape index (κ2) is 4.43. The molecular weight excluding hydrogens is 214 g/mol. The molecule has 1 aromatic rings. The lowest BCUT2D eigenvalue weighted by atomic mass is 9.80. The lowest BCUT2D eigenvalue weighted by Crippen LogP contribution is -2.29. The van der Waals surface area contributed by atoms with Crippen molar-refractivity contribution in [2.45, 2.75) is 12.8 Å². The van der Waals surface area contributed by atoms with Crippen LogP contribution in [0.25, 0.3) is 0 Å². The van der Waals surface area contributed by atoms with Gasteiger partial charge in [-0.1, -0.05) is 11.6 Å². The maximum atomic E-state index is 9.00. The van der Waals surface area contributed by atoms with Crippen LogP contribution in [0, 0.1) is 5.92 Å². The van der Waals surface area contributed by atoms with Crippen molar-refractivity contribution in [3.8, 4) is 5.75 Å². The van der Waals surface area contributed by atoms with E-state index in [1.165, 1.54) is 18.9 Å². The first-order valence-electron chi connectivity index (χ1n) is 4.94. The van der Waals surface area contributed by atoms with Crippen LogP contribution in [-0.4, -0.2) is 23.8 Å². The second-order valence-electron chi connectivity index (χ2n) is 3.85. The molecule has 0 aromatic heterocycles. The van der Waals surface area contributed by atoms with Crippen molar-refractivity contribution in [1.29, 1.82) is 0 Å².